The van der Waals surface area contributed by atoms with E-state index in [1.54, 1.807) is 45.0 Å². The molecule has 1 aromatic rings. The van der Waals surface area contributed by atoms with Crippen molar-refractivity contribution in [3.05, 3.63) is 34.3 Å². The SMILES string of the molecule is CC(C)(C)OC(=O)N1C[C@@H](CS)C[C@H]1C(=O)OCC(=O)c1ccc(Br)cc1. The Hall–Kier alpha value is -1.54. The van der Waals surface area contributed by atoms with E-state index in [0.29, 0.717) is 24.3 Å². The van der Waals surface area contributed by atoms with E-state index >= 15 is 0 Å². The van der Waals surface area contributed by atoms with E-state index in [1.807, 2.05) is 0 Å². The number of carbonyl (C=O) groups excluding carboxylic acids is 3. The number of Topliss-reactive ketones (excluding diaryl/α,β-unsaturated/α-hetero) is 1. The Balaban J connectivity index is 2.00. The molecule has 2 rings (SSSR count). The van der Waals surface area contributed by atoms with Gasteiger partial charge in [0.25, 0.3) is 0 Å². The monoisotopic (exact) mass is 457 g/mol. The zero-order valence-corrected chi connectivity index (χ0v) is 18.1. The molecule has 0 saturated carbocycles. The number of hydrogen-bond donors (Lipinski definition) is 1. The van der Waals surface area contributed by atoms with Crippen LogP contribution in [0.4, 0.5) is 4.79 Å². The molecule has 0 radical (unpaired) electrons. The van der Waals surface area contributed by atoms with E-state index in [4.69, 9.17) is 9.47 Å². The summed E-state index contributed by atoms with van der Waals surface area (Å²) in [7, 11) is 0. The van der Waals surface area contributed by atoms with E-state index in [2.05, 4.69) is 28.6 Å². The molecule has 6 nitrogen and oxygen atoms in total. The van der Waals surface area contributed by atoms with Crippen molar-refractivity contribution in [2.75, 3.05) is 18.9 Å². The molecule has 8 heteroatoms. The van der Waals surface area contributed by atoms with Gasteiger partial charge in [-0.25, -0.2) is 9.59 Å². The van der Waals surface area contributed by atoms with Crippen LogP contribution in [0.2, 0.25) is 0 Å². The molecule has 1 aliphatic heterocycles. The second-order valence-corrected chi connectivity index (χ2v) is 8.75. The lowest BCUT2D eigenvalue weighted by Gasteiger charge is -2.27. The maximum atomic E-state index is 12.5. The molecule has 148 valence electrons. The molecule has 27 heavy (non-hydrogen) atoms. The fourth-order valence-electron chi connectivity index (χ4n) is 2.75. The highest BCUT2D eigenvalue weighted by atomic mass is 79.9. The standard InChI is InChI=1S/C19H24BrNO5S/c1-19(2,3)26-18(24)21-9-12(11-27)8-15(21)17(23)25-10-16(22)13-4-6-14(20)7-5-13/h4-7,12,15,27H,8-11H2,1-3H3/t12-,15-/m0/s1. The Morgan fingerprint density at radius 1 is 1.22 bits per heavy atom. The summed E-state index contributed by atoms with van der Waals surface area (Å²) >= 11 is 7.57. The molecule has 1 fully saturated rings. The third-order valence-electron chi connectivity index (χ3n) is 4.06. The van der Waals surface area contributed by atoms with Gasteiger partial charge in [-0.2, -0.15) is 12.6 Å². The Labute approximate surface area is 173 Å². The highest BCUT2D eigenvalue weighted by molar-refractivity contribution is 9.10. The first kappa shape index (κ1) is 21.8. The van der Waals surface area contributed by atoms with Gasteiger partial charge in [0, 0.05) is 16.6 Å². The van der Waals surface area contributed by atoms with Crippen LogP contribution in [0.5, 0.6) is 0 Å². The lowest BCUT2D eigenvalue weighted by atomic mass is 10.1. The maximum Gasteiger partial charge on any atom is 0.411 e. The molecular formula is C19H24BrNO5S. The maximum absolute atomic E-state index is 12.5. The summed E-state index contributed by atoms with van der Waals surface area (Å²) in [5.74, 6) is -0.291. The number of likely N-dealkylation sites (tertiary alicyclic amines) is 1. The zero-order valence-electron chi connectivity index (χ0n) is 15.6. The van der Waals surface area contributed by atoms with Crippen molar-refractivity contribution in [3.8, 4) is 0 Å². The number of hydrogen-bond acceptors (Lipinski definition) is 6. The quantitative estimate of drug-likeness (QED) is 0.414. The van der Waals surface area contributed by atoms with Crippen LogP contribution in [0, 0.1) is 5.92 Å². The third-order valence-corrected chi connectivity index (χ3v) is 5.10. The summed E-state index contributed by atoms with van der Waals surface area (Å²) in [6.45, 7) is 5.30. The minimum absolute atomic E-state index is 0.0700. The van der Waals surface area contributed by atoms with Gasteiger partial charge in [0.2, 0.25) is 0 Å². The van der Waals surface area contributed by atoms with E-state index in [1.165, 1.54) is 4.90 Å². The number of ketones is 1. The van der Waals surface area contributed by atoms with Gasteiger partial charge in [0.1, 0.15) is 11.6 Å². The molecule has 0 N–H and O–H groups in total. The summed E-state index contributed by atoms with van der Waals surface area (Å²) in [5, 5.41) is 0. The Morgan fingerprint density at radius 3 is 2.41 bits per heavy atom. The average molecular weight is 458 g/mol. The van der Waals surface area contributed by atoms with Gasteiger partial charge in [-0.3, -0.25) is 9.69 Å². The number of benzene rings is 1. The molecule has 1 amide bonds. The van der Waals surface area contributed by atoms with Gasteiger partial charge < -0.3 is 9.47 Å². The van der Waals surface area contributed by atoms with Crippen LogP contribution in [-0.4, -0.2) is 53.3 Å². The molecule has 1 aromatic carbocycles. The van der Waals surface area contributed by atoms with Crippen LogP contribution in [0.25, 0.3) is 0 Å². The first-order valence-electron chi connectivity index (χ1n) is 8.66. The van der Waals surface area contributed by atoms with Crippen molar-refractivity contribution in [2.24, 2.45) is 5.92 Å². The van der Waals surface area contributed by atoms with Gasteiger partial charge in [-0.15, -0.1) is 0 Å². The molecule has 0 spiro atoms. The van der Waals surface area contributed by atoms with Gasteiger partial charge in [-0.1, -0.05) is 28.1 Å². The van der Waals surface area contributed by atoms with Gasteiger partial charge >= 0.3 is 12.1 Å². The zero-order chi connectivity index (χ0) is 20.2. The molecule has 1 aliphatic rings. The number of ether oxygens (including phenoxy) is 2. The third kappa shape index (κ3) is 6.24. The molecule has 0 aromatic heterocycles. The van der Waals surface area contributed by atoms with Crippen molar-refractivity contribution in [1.29, 1.82) is 0 Å². The van der Waals surface area contributed by atoms with E-state index < -0.39 is 23.7 Å². The number of rotatable bonds is 5. The van der Waals surface area contributed by atoms with E-state index in [-0.39, 0.29) is 18.3 Å². The summed E-state index contributed by atoms with van der Waals surface area (Å²) in [4.78, 5) is 38.5. The summed E-state index contributed by atoms with van der Waals surface area (Å²) in [6, 6.07) is 6.02. The molecular weight excluding hydrogens is 434 g/mol. The van der Waals surface area contributed by atoms with Crippen LogP contribution in [-0.2, 0) is 14.3 Å². The molecule has 2 atom stereocenters. The topological polar surface area (TPSA) is 72.9 Å². The summed E-state index contributed by atoms with van der Waals surface area (Å²) < 4.78 is 11.4. The van der Waals surface area contributed by atoms with E-state index in [9.17, 15) is 14.4 Å². The number of esters is 1. The highest BCUT2D eigenvalue weighted by Gasteiger charge is 2.42. The van der Waals surface area contributed by atoms with Gasteiger partial charge in [0.15, 0.2) is 12.4 Å². The minimum Gasteiger partial charge on any atom is -0.456 e. The fourth-order valence-corrected chi connectivity index (χ4v) is 3.28. The number of halogens is 1. The fraction of sp³-hybridized carbons (Fsp3) is 0.526. The summed E-state index contributed by atoms with van der Waals surface area (Å²) in [5.41, 5.74) is -0.211. The predicted molar refractivity (Wildman–Crippen MR) is 108 cm³/mol. The number of nitrogens with zero attached hydrogens (tertiary/aromatic N) is 1. The molecule has 0 aliphatic carbocycles. The number of carbonyl (C=O) groups is 3. The van der Waals surface area contributed by atoms with Crippen LogP contribution >= 0.6 is 28.6 Å². The smallest absolute Gasteiger partial charge is 0.411 e. The predicted octanol–water partition coefficient (Wildman–Crippen LogP) is 3.73. The molecule has 1 heterocycles. The second-order valence-electron chi connectivity index (χ2n) is 7.47. The van der Waals surface area contributed by atoms with Crippen molar-refractivity contribution in [2.45, 2.75) is 38.8 Å². The highest BCUT2D eigenvalue weighted by Crippen LogP contribution is 2.27. The lowest BCUT2D eigenvalue weighted by molar-refractivity contribution is -0.147. The van der Waals surface area contributed by atoms with Crippen LogP contribution < -0.4 is 0 Å². The number of thiol groups is 1. The average Bonchev–Trinajstić information content (AvgIpc) is 3.03. The Kier molecular flexibility index (Phi) is 7.33. The molecule has 1 saturated heterocycles. The van der Waals surface area contributed by atoms with Crippen molar-refractivity contribution < 1.29 is 23.9 Å². The normalized spacial score (nSPS) is 19.7. The first-order chi connectivity index (χ1) is 12.6. The van der Waals surface area contributed by atoms with Crippen molar-refractivity contribution in [1.82, 2.24) is 4.90 Å². The van der Waals surface area contributed by atoms with Crippen LogP contribution in [0.1, 0.15) is 37.6 Å². The minimum atomic E-state index is -0.769. The second kappa shape index (κ2) is 9.10. The summed E-state index contributed by atoms with van der Waals surface area (Å²) in [6.07, 6.45) is -0.124. The van der Waals surface area contributed by atoms with Gasteiger partial charge in [0.05, 0.1) is 0 Å². The Morgan fingerprint density at radius 2 is 1.85 bits per heavy atom. The van der Waals surface area contributed by atoms with Crippen molar-refractivity contribution in [3.63, 3.8) is 0 Å². The van der Waals surface area contributed by atoms with Crippen LogP contribution in [0.3, 0.4) is 0 Å². The molecule has 0 bridgehead atoms. The Bertz CT molecular complexity index is 701. The van der Waals surface area contributed by atoms with Crippen LogP contribution in [0.15, 0.2) is 28.7 Å². The van der Waals surface area contributed by atoms with E-state index in [0.717, 1.165) is 4.47 Å². The van der Waals surface area contributed by atoms with Crippen molar-refractivity contribution >= 4 is 46.4 Å². The lowest BCUT2D eigenvalue weighted by Crippen LogP contribution is -2.44. The number of amides is 1. The molecule has 0 unspecified atom stereocenters. The largest absolute Gasteiger partial charge is 0.456 e. The van der Waals surface area contributed by atoms with Gasteiger partial charge in [-0.05, 0) is 51.0 Å². The first-order valence-corrected chi connectivity index (χ1v) is 10.1.